The third kappa shape index (κ3) is 5.33. The van der Waals surface area contributed by atoms with Crippen LogP contribution in [0.3, 0.4) is 0 Å². The molecule has 0 aromatic heterocycles. The van der Waals surface area contributed by atoms with Crippen LogP contribution in [-0.2, 0) is 11.3 Å². The minimum atomic E-state index is -0.516. The fourth-order valence-corrected chi connectivity index (χ4v) is 1.34. The fourth-order valence-electron chi connectivity index (χ4n) is 1.34. The van der Waals surface area contributed by atoms with Gasteiger partial charge in [0.05, 0.1) is 0 Å². The van der Waals surface area contributed by atoms with Crippen molar-refractivity contribution >= 4 is 6.09 Å². The fraction of sp³-hybridized carbons (Fsp3) is 0.417. The van der Waals surface area contributed by atoms with Gasteiger partial charge in [0, 0.05) is 19.2 Å². The van der Waals surface area contributed by atoms with Crippen LogP contribution < -0.4 is 11.1 Å². The van der Waals surface area contributed by atoms with Crippen LogP contribution in [0.15, 0.2) is 30.3 Å². The largest absolute Gasteiger partial charge is 0.445 e. The molecule has 94 valence electrons. The number of rotatable bonds is 6. The lowest BCUT2D eigenvalue weighted by molar-refractivity contribution is 0.134. The highest BCUT2D eigenvalue weighted by Gasteiger charge is 2.10. The number of alkyl carbamates (subject to hydrolysis) is 1. The zero-order valence-corrected chi connectivity index (χ0v) is 9.63. The van der Waals surface area contributed by atoms with Crippen LogP contribution in [0.2, 0.25) is 0 Å². The van der Waals surface area contributed by atoms with E-state index >= 15 is 0 Å². The molecule has 1 aromatic carbocycles. The standard InChI is InChI=1S/C12H18N2O3/c13-8-11(6-7-15)14-12(16)17-9-10-4-2-1-3-5-10/h1-5,11,15H,6-9,13H2,(H,14,16)/t11-/m1/s1. The van der Waals surface area contributed by atoms with Crippen molar-refractivity contribution in [3.8, 4) is 0 Å². The second-order valence-corrected chi connectivity index (χ2v) is 3.65. The van der Waals surface area contributed by atoms with Gasteiger partial charge in [0.15, 0.2) is 0 Å². The quantitative estimate of drug-likeness (QED) is 0.678. The average Bonchev–Trinajstić information content (AvgIpc) is 2.37. The molecule has 1 aromatic rings. The first-order valence-electron chi connectivity index (χ1n) is 5.54. The van der Waals surface area contributed by atoms with Gasteiger partial charge in [-0.1, -0.05) is 30.3 Å². The van der Waals surface area contributed by atoms with E-state index < -0.39 is 6.09 Å². The molecule has 0 aliphatic rings. The number of hydrogen-bond acceptors (Lipinski definition) is 4. The van der Waals surface area contributed by atoms with Crippen molar-refractivity contribution < 1.29 is 14.6 Å². The van der Waals surface area contributed by atoms with E-state index in [2.05, 4.69) is 5.32 Å². The molecule has 1 amide bonds. The van der Waals surface area contributed by atoms with Crippen LogP contribution in [0.5, 0.6) is 0 Å². The molecule has 1 rings (SSSR count). The molecule has 0 spiro atoms. The van der Waals surface area contributed by atoms with Crippen molar-refractivity contribution in [2.45, 2.75) is 19.1 Å². The van der Waals surface area contributed by atoms with Gasteiger partial charge in [0.1, 0.15) is 6.61 Å². The number of benzene rings is 1. The molecule has 5 nitrogen and oxygen atoms in total. The average molecular weight is 238 g/mol. The number of nitrogens with one attached hydrogen (secondary N) is 1. The van der Waals surface area contributed by atoms with Crippen LogP contribution in [0, 0.1) is 0 Å². The number of carbonyl (C=O) groups is 1. The van der Waals surface area contributed by atoms with Crippen LogP contribution in [0.1, 0.15) is 12.0 Å². The summed E-state index contributed by atoms with van der Waals surface area (Å²) in [4.78, 5) is 11.4. The molecule has 0 saturated carbocycles. The minimum Gasteiger partial charge on any atom is -0.445 e. The van der Waals surface area contributed by atoms with E-state index in [1.54, 1.807) is 0 Å². The molecule has 4 N–H and O–H groups in total. The maximum atomic E-state index is 11.4. The summed E-state index contributed by atoms with van der Waals surface area (Å²) in [5.74, 6) is 0. The Hall–Kier alpha value is -1.59. The number of carbonyl (C=O) groups excluding carboxylic acids is 1. The van der Waals surface area contributed by atoms with Crippen molar-refractivity contribution in [3.05, 3.63) is 35.9 Å². The molecule has 0 aliphatic carbocycles. The van der Waals surface area contributed by atoms with Gasteiger partial charge >= 0.3 is 6.09 Å². The molecule has 0 aliphatic heterocycles. The highest BCUT2D eigenvalue weighted by atomic mass is 16.5. The zero-order valence-electron chi connectivity index (χ0n) is 9.63. The summed E-state index contributed by atoms with van der Waals surface area (Å²) >= 11 is 0. The molecule has 0 saturated heterocycles. The van der Waals surface area contributed by atoms with Gasteiger partial charge in [-0.25, -0.2) is 4.79 Å². The summed E-state index contributed by atoms with van der Waals surface area (Å²) < 4.78 is 5.02. The monoisotopic (exact) mass is 238 g/mol. The normalized spacial score (nSPS) is 11.9. The predicted molar refractivity (Wildman–Crippen MR) is 64.3 cm³/mol. The van der Waals surface area contributed by atoms with Crippen molar-refractivity contribution in [1.82, 2.24) is 5.32 Å². The highest BCUT2D eigenvalue weighted by molar-refractivity contribution is 5.67. The van der Waals surface area contributed by atoms with Crippen LogP contribution in [-0.4, -0.2) is 30.4 Å². The maximum Gasteiger partial charge on any atom is 0.407 e. The summed E-state index contributed by atoms with van der Waals surface area (Å²) in [6.07, 6.45) is -0.0885. The molecule has 0 bridgehead atoms. The third-order valence-corrected chi connectivity index (χ3v) is 2.30. The molecular weight excluding hydrogens is 220 g/mol. The first-order chi connectivity index (χ1) is 8.26. The van der Waals surface area contributed by atoms with Gasteiger partial charge < -0.3 is 20.9 Å². The second kappa shape index (κ2) is 7.65. The van der Waals surface area contributed by atoms with Gasteiger partial charge in [0.2, 0.25) is 0 Å². The SMILES string of the molecule is NC[C@@H](CCO)NC(=O)OCc1ccccc1. The Labute approximate surface area is 101 Å². The lowest BCUT2D eigenvalue weighted by Gasteiger charge is -2.15. The molecule has 0 radical (unpaired) electrons. The van der Waals surface area contributed by atoms with Gasteiger partial charge in [-0.15, -0.1) is 0 Å². The van der Waals surface area contributed by atoms with Crippen molar-refractivity contribution in [2.75, 3.05) is 13.2 Å². The Morgan fingerprint density at radius 2 is 2.12 bits per heavy atom. The van der Waals surface area contributed by atoms with Crippen molar-refractivity contribution in [3.63, 3.8) is 0 Å². The smallest absolute Gasteiger partial charge is 0.407 e. The summed E-state index contributed by atoms with van der Waals surface area (Å²) in [5.41, 5.74) is 6.36. The number of aliphatic hydroxyl groups is 1. The number of aliphatic hydroxyl groups excluding tert-OH is 1. The second-order valence-electron chi connectivity index (χ2n) is 3.65. The maximum absolute atomic E-state index is 11.4. The number of ether oxygens (including phenoxy) is 1. The van der Waals surface area contributed by atoms with Crippen molar-refractivity contribution in [2.24, 2.45) is 5.73 Å². The third-order valence-electron chi connectivity index (χ3n) is 2.30. The predicted octanol–water partition coefficient (Wildman–Crippen LogP) is 0.622. The lowest BCUT2D eigenvalue weighted by Crippen LogP contribution is -2.41. The molecule has 0 heterocycles. The minimum absolute atomic E-state index is 0.0131. The van der Waals surface area contributed by atoms with E-state index in [4.69, 9.17) is 15.6 Å². The van der Waals surface area contributed by atoms with E-state index in [-0.39, 0.29) is 25.8 Å². The van der Waals surface area contributed by atoms with Gasteiger partial charge in [-0.2, -0.15) is 0 Å². The van der Waals surface area contributed by atoms with Gasteiger partial charge in [-0.05, 0) is 12.0 Å². The Morgan fingerprint density at radius 3 is 2.71 bits per heavy atom. The van der Waals surface area contributed by atoms with E-state index in [0.717, 1.165) is 5.56 Å². The number of hydrogen-bond donors (Lipinski definition) is 3. The molecular formula is C12H18N2O3. The topological polar surface area (TPSA) is 84.6 Å². The zero-order chi connectivity index (χ0) is 12.5. The van der Waals surface area contributed by atoms with Crippen LogP contribution in [0.25, 0.3) is 0 Å². The summed E-state index contributed by atoms with van der Waals surface area (Å²) in [6.45, 7) is 0.491. The Balaban J connectivity index is 2.30. The lowest BCUT2D eigenvalue weighted by atomic mass is 10.2. The first kappa shape index (κ1) is 13.5. The van der Waals surface area contributed by atoms with Crippen molar-refractivity contribution in [1.29, 1.82) is 0 Å². The van der Waals surface area contributed by atoms with Crippen LogP contribution >= 0.6 is 0 Å². The molecule has 5 heteroatoms. The van der Waals surface area contributed by atoms with Gasteiger partial charge in [-0.3, -0.25) is 0 Å². The number of amides is 1. The summed E-state index contributed by atoms with van der Waals surface area (Å²) in [7, 11) is 0. The Kier molecular flexibility index (Phi) is 6.06. The summed E-state index contributed by atoms with van der Waals surface area (Å²) in [6, 6.07) is 9.16. The Bertz CT molecular complexity index is 330. The van der Waals surface area contributed by atoms with E-state index in [1.807, 2.05) is 30.3 Å². The van der Waals surface area contributed by atoms with E-state index in [0.29, 0.717) is 6.42 Å². The van der Waals surface area contributed by atoms with E-state index in [9.17, 15) is 4.79 Å². The molecule has 0 unspecified atom stereocenters. The first-order valence-corrected chi connectivity index (χ1v) is 5.54. The molecule has 17 heavy (non-hydrogen) atoms. The highest BCUT2D eigenvalue weighted by Crippen LogP contribution is 2.00. The van der Waals surface area contributed by atoms with Crippen LogP contribution in [0.4, 0.5) is 4.79 Å². The van der Waals surface area contributed by atoms with Gasteiger partial charge in [0.25, 0.3) is 0 Å². The molecule has 0 fully saturated rings. The summed E-state index contributed by atoms with van der Waals surface area (Å²) in [5, 5.41) is 11.3. The number of nitrogens with two attached hydrogens (primary N) is 1. The molecule has 1 atom stereocenters. The van der Waals surface area contributed by atoms with E-state index in [1.165, 1.54) is 0 Å². The Morgan fingerprint density at radius 1 is 1.41 bits per heavy atom.